The van der Waals surface area contributed by atoms with E-state index in [1.165, 1.54) is 5.56 Å². The number of hydrogen-bond acceptors (Lipinski definition) is 2. The average molecular weight is 536 g/mol. The predicted molar refractivity (Wildman–Crippen MR) is 126 cm³/mol. The van der Waals surface area contributed by atoms with Crippen LogP contribution in [0.5, 0.6) is 0 Å². The summed E-state index contributed by atoms with van der Waals surface area (Å²) < 4.78 is 1.81. The van der Waals surface area contributed by atoms with Gasteiger partial charge in [-0.15, -0.1) is 24.0 Å². The maximum absolute atomic E-state index is 12.7. The number of anilines is 1. The van der Waals surface area contributed by atoms with Gasteiger partial charge in [-0.1, -0.05) is 41.4 Å². The molecule has 1 aliphatic heterocycles. The zero-order valence-corrected chi connectivity index (χ0v) is 19.7. The number of carbonyl (C=O) groups is 1. The summed E-state index contributed by atoms with van der Waals surface area (Å²) >= 11 is 12.1. The number of halogens is 3. The van der Waals surface area contributed by atoms with Gasteiger partial charge in [0.2, 0.25) is 5.91 Å². The van der Waals surface area contributed by atoms with Crippen molar-refractivity contribution < 1.29 is 4.79 Å². The first kappa shape index (κ1) is 22.8. The van der Waals surface area contributed by atoms with E-state index in [9.17, 15) is 4.79 Å². The van der Waals surface area contributed by atoms with Crippen molar-refractivity contribution in [1.82, 2.24) is 15.2 Å². The van der Waals surface area contributed by atoms with E-state index >= 15 is 0 Å². The van der Waals surface area contributed by atoms with Crippen molar-refractivity contribution in [1.29, 1.82) is 0 Å². The van der Waals surface area contributed by atoms with Crippen molar-refractivity contribution in [3.05, 3.63) is 51.8 Å². The highest BCUT2D eigenvalue weighted by atomic mass is 127. The topological polar surface area (TPSA) is 61.7 Å². The standard InChI is InChI=1S/C19H23Cl2N5O.HI/c1-22-19(23-11-14-10-15(20)18(21)25(14)2)24-12-17(27)26-9-5-7-13-6-3-4-8-16(13)26;/h3-4,6,8,10H,5,7,9,11-12H2,1-2H3,(H2,22,23,24);1H. The Morgan fingerprint density at radius 2 is 2.00 bits per heavy atom. The van der Waals surface area contributed by atoms with Gasteiger partial charge in [0.15, 0.2) is 5.96 Å². The Hall–Kier alpha value is -1.45. The Labute approximate surface area is 192 Å². The van der Waals surface area contributed by atoms with Gasteiger partial charge >= 0.3 is 0 Å². The lowest BCUT2D eigenvalue weighted by Crippen LogP contribution is -2.46. The summed E-state index contributed by atoms with van der Waals surface area (Å²) in [6.07, 6.45) is 1.99. The highest BCUT2D eigenvalue weighted by Crippen LogP contribution is 2.26. The van der Waals surface area contributed by atoms with Gasteiger partial charge in [0.1, 0.15) is 5.15 Å². The largest absolute Gasteiger partial charge is 0.351 e. The van der Waals surface area contributed by atoms with Gasteiger partial charge in [0.25, 0.3) is 0 Å². The second kappa shape index (κ2) is 10.4. The molecule has 0 saturated carbocycles. The number of amides is 1. The van der Waals surface area contributed by atoms with Gasteiger partial charge < -0.3 is 20.1 Å². The van der Waals surface area contributed by atoms with E-state index in [0.29, 0.717) is 22.7 Å². The van der Waals surface area contributed by atoms with E-state index in [1.807, 2.05) is 30.1 Å². The van der Waals surface area contributed by atoms with Gasteiger partial charge in [-0.3, -0.25) is 9.79 Å². The third-order valence-electron chi connectivity index (χ3n) is 4.69. The van der Waals surface area contributed by atoms with E-state index < -0.39 is 0 Å². The Bertz CT molecular complexity index is 868. The van der Waals surface area contributed by atoms with Crippen molar-refractivity contribution >= 4 is 64.7 Å². The molecule has 1 aliphatic rings. The zero-order chi connectivity index (χ0) is 19.4. The van der Waals surface area contributed by atoms with Gasteiger partial charge in [-0.05, 0) is 30.5 Å². The minimum atomic E-state index is 0. The molecule has 152 valence electrons. The lowest BCUT2D eigenvalue weighted by atomic mass is 10.0. The second-order valence-corrected chi connectivity index (χ2v) is 7.16. The Kier molecular flexibility index (Phi) is 8.45. The van der Waals surface area contributed by atoms with Crippen LogP contribution in [-0.4, -0.2) is 36.6 Å². The van der Waals surface area contributed by atoms with Crippen molar-refractivity contribution in [2.75, 3.05) is 25.0 Å². The van der Waals surface area contributed by atoms with Crippen LogP contribution in [0.15, 0.2) is 35.3 Å². The number of guanidine groups is 1. The summed E-state index contributed by atoms with van der Waals surface area (Å²) in [5.41, 5.74) is 3.15. The summed E-state index contributed by atoms with van der Waals surface area (Å²) in [6.45, 7) is 1.40. The van der Waals surface area contributed by atoms with Crippen molar-refractivity contribution in [2.24, 2.45) is 12.0 Å². The van der Waals surface area contributed by atoms with Gasteiger partial charge in [-0.2, -0.15) is 0 Å². The van der Waals surface area contributed by atoms with Crippen molar-refractivity contribution in [3.63, 3.8) is 0 Å². The highest BCUT2D eigenvalue weighted by Gasteiger charge is 2.22. The van der Waals surface area contributed by atoms with Crippen molar-refractivity contribution in [3.8, 4) is 0 Å². The molecule has 28 heavy (non-hydrogen) atoms. The molecule has 9 heteroatoms. The molecular formula is C19H24Cl2IN5O. The number of rotatable bonds is 4. The molecule has 6 nitrogen and oxygen atoms in total. The third kappa shape index (κ3) is 5.12. The summed E-state index contributed by atoms with van der Waals surface area (Å²) in [6, 6.07) is 9.87. The highest BCUT2D eigenvalue weighted by molar-refractivity contribution is 14.0. The lowest BCUT2D eigenvalue weighted by Gasteiger charge is -2.29. The minimum Gasteiger partial charge on any atom is -0.351 e. The van der Waals surface area contributed by atoms with E-state index in [0.717, 1.165) is 30.8 Å². The quantitative estimate of drug-likeness (QED) is 0.357. The first-order valence-electron chi connectivity index (χ1n) is 8.83. The normalized spacial score (nSPS) is 13.6. The molecule has 0 fully saturated rings. The minimum absolute atomic E-state index is 0. The van der Waals surface area contributed by atoms with Gasteiger partial charge in [0, 0.05) is 32.0 Å². The van der Waals surface area contributed by atoms with Crippen LogP contribution in [0.1, 0.15) is 17.7 Å². The molecule has 0 atom stereocenters. The number of aromatic nitrogens is 1. The van der Waals surface area contributed by atoms with Gasteiger partial charge in [-0.25, -0.2) is 0 Å². The molecule has 0 unspecified atom stereocenters. The number of nitrogens with one attached hydrogen (secondary N) is 2. The van der Waals surface area contributed by atoms with Crippen LogP contribution in [0.4, 0.5) is 5.69 Å². The molecule has 2 N–H and O–H groups in total. The summed E-state index contributed by atoms with van der Waals surface area (Å²) in [7, 11) is 3.51. The molecule has 0 aliphatic carbocycles. The molecule has 0 radical (unpaired) electrons. The summed E-state index contributed by atoms with van der Waals surface area (Å²) in [5, 5.41) is 7.26. The Balaban J connectivity index is 0.00000280. The first-order chi connectivity index (χ1) is 13.0. The molecule has 3 rings (SSSR count). The number of benzene rings is 1. The van der Waals surface area contributed by atoms with Crippen molar-refractivity contribution in [2.45, 2.75) is 19.4 Å². The first-order valence-corrected chi connectivity index (χ1v) is 9.59. The fourth-order valence-corrected chi connectivity index (χ4v) is 3.62. The average Bonchev–Trinajstić information content (AvgIpc) is 2.94. The number of carbonyl (C=O) groups excluding carboxylic acids is 1. The fourth-order valence-electron chi connectivity index (χ4n) is 3.20. The molecule has 1 aromatic heterocycles. The van der Waals surface area contributed by atoms with Gasteiger partial charge in [0.05, 0.1) is 18.1 Å². The number of para-hydroxylation sites is 1. The number of aryl methyl sites for hydroxylation is 1. The fraction of sp³-hybridized carbons (Fsp3) is 0.368. The lowest BCUT2D eigenvalue weighted by molar-refractivity contribution is -0.117. The van der Waals surface area contributed by atoms with Crippen LogP contribution in [0.2, 0.25) is 10.2 Å². The van der Waals surface area contributed by atoms with Crippen LogP contribution < -0.4 is 15.5 Å². The predicted octanol–water partition coefficient (Wildman–Crippen LogP) is 3.59. The Morgan fingerprint density at radius 3 is 2.68 bits per heavy atom. The number of hydrogen-bond donors (Lipinski definition) is 2. The SMILES string of the molecule is CN=C(NCC(=O)N1CCCc2ccccc21)NCc1cc(Cl)c(Cl)n1C.I. The molecule has 1 amide bonds. The molecule has 1 aromatic carbocycles. The molecular weight excluding hydrogens is 512 g/mol. The summed E-state index contributed by atoms with van der Waals surface area (Å²) in [4.78, 5) is 18.7. The third-order valence-corrected chi connectivity index (χ3v) is 5.54. The zero-order valence-electron chi connectivity index (χ0n) is 15.8. The maximum atomic E-state index is 12.7. The molecule has 2 aromatic rings. The molecule has 0 spiro atoms. The maximum Gasteiger partial charge on any atom is 0.246 e. The van der Waals surface area contributed by atoms with E-state index in [4.69, 9.17) is 23.2 Å². The number of nitrogens with zero attached hydrogens (tertiary/aromatic N) is 3. The number of fused-ring (bicyclic) bond motifs is 1. The van der Waals surface area contributed by atoms with Crippen LogP contribution in [0, 0.1) is 0 Å². The monoisotopic (exact) mass is 535 g/mol. The van der Waals surface area contributed by atoms with Crippen LogP contribution >= 0.6 is 47.2 Å². The smallest absolute Gasteiger partial charge is 0.246 e. The molecule has 0 bridgehead atoms. The van der Waals surface area contributed by atoms with Crippen LogP contribution in [-0.2, 0) is 24.8 Å². The van der Waals surface area contributed by atoms with E-state index in [2.05, 4.69) is 21.7 Å². The molecule has 0 saturated heterocycles. The van der Waals surface area contributed by atoms with E-state index in [-0.39, 0.29) is 36.4 Å². The number of aliphatic imine (C=N–C) groups is 1. The van der Waals surface area contributed by atoms with Crippen LogP contribution in [0.25, 0.3) is 0 Å². The second-order valence-electron chi connectivity index (χ2n) is 6.39. The Morgan fingerprint density at radius 1 is 1.25 bits per heavy atom. The summed E-state index contributed by atoms with van der Waals surface area (Å²) in [5.74, 6) is 0.567. The van der Waals surface area contributed by atoms with E-state index in [1.54, 1.807) is 17.7 Å². The molecule has 2 heterocycles. The van der Waals surface area contributed by atoms with Crippen LogP contribution in [0.3, 0.4) is 0 Å².